The van der Waals surface area contributed by atoms with Crippen molar-refractivity contribution >= 4 is 5.69 Å². The number of ether oxygens (including phenoxy) is 1. The number of nitrogens with zero attached hydrogens (tertiary/aromatic N) is 1. The maximum absolute atomic E-state index is 5.71. The summed E-state index contributed by atoms with van der Waals surface area (Å²) in [5.41, 5.74) is 2.78. The van der Waals surface area contributed by atoms with Crippen LogP contribution >= 0.6 is 0 Å². The molecule has 88 valence electrons. The summed E-state index contributed by atoms with van der Waals surface area (Å²) in [6.07, 6.45) is 1.07. The van der Waals surface area contributed by atoms with Crippen molar-refractivity contribution in [1.29, 1.82) is 0 Å². The molecule has 1 aliphatic heterocycles. The summed E-state index contributed by atoms with van der Waals surface area (Å²) < 4.78 is 5.71. The van der Waals surface area contributed by atoms with Crippen LogP contribution in [0.4, 0.5) is 5.69 Å². The minimum absolute atomic E-state index is 0.158. The Balaban J connectivity index is 2.43. The lowest BCUT2D eigenvalue weighted by molar-refractivity contribution is 0.289. The Kier molecular flexibility index (Phi) is 2.83. The molecule has 0 spiro atoms. The van der Waals surface area contributed by atoms with E-state index in [1.165, 1.54) is 11.3 Å². The van der Waals surface area contributed by atoms with Crippen LogP contribution in [-0.4, -0.2) is 18.7 Å². The average Bonchev–Trinajstić information content (AvgIpc) is 2.26. The smallest absolute Gasteiger partial charge is 0.142 e. The van der Waals surface area contributed by atoms with Crippen LogP contribution in [0.2, 0.25) is 0 Å². The molecular weight excluding hydrogens is 198 g/mol. The zero-order valence-electron chi connectivity index (χ0n) is 10.7. The first-order valence-electron chi connectivity index (χ1n) is 6.05. The van der Waals surface area contributed by atoms with Gasteiger partial charge in [-0.3, -0.25) is 0 Å². The van der Waals surface area contributed by atoms with E-state index in [1.807, 2.05) is 0 Å². The van der Waals surface area contributed by atoms with Gasteiger partial charge in [0.2, 0.25) is 0 Å². The van der Waals surface area contributed by atoms with Crippen molar-refractivity contribution in [3.05, 3.63) is 23.8 Å². The molecule has 0 N–H and O–H groups in total. The van der Waals surface area contributed by atoms with Crippen LogP contribution in [0, 0.1) is 0 Å². The van der Waals surface area contributed by atoms with Gasteiger partial charge in [-0.05, 0) is 44.9 Å². The molecule has 0 aromatic heterocycles. The average molecular weight is 219 g/mol. The van der Waals surface area contributed by atoms with E-state index in [4.69, 9.17) is 4.74 Å². The van der Waals surface area contributed by atoms with Gasteiger partial charge >= 0.3 is 0 Å². The van der Waals surface area contributed by atoms with Crippen LogP contribution in [0.5, 0.6) is 5.75 Å². The van der Waals surface area contributed by atoms with E-state index >= 15 is 0 Å². The predicted octanol–water partition coefficient (Wildman–Crippen LogP) is 3.25. The number of hydrogen-bond acceptors (Lipinski definition) is 2. The molecule has 2 nitrogen and oxygen atoms in total. The van der Waals surface area contributed by atoms with Gasteiger partial charge in [0.15, 0.2) is 0 Å². The molecule has 0 radical (unpaired) electrons. The molecule has 1 aromatic rings. The van der Waals surface area contributed by atoms with E-state index in [-0.39, 0.29) is 5.54 Å². The zero-order valence-corrected chi connectivity index (χ0v) is 10.7. The molecule has 2 heteroatoms. The third-order valence-corrected chi connectivity index (χ3v) is 3.10. The lowest BCUT2D eigenvalue weighted by Crippen LogP contribution is -2.46. The van der Waals surface area contributed by atoms with Gasteiger partial charge in [0.1, 0.15) is 12.4 Å². The van der Waals surface area contributed by atoms with Gasteiger partial charge in [-0.25, -0.2) is 0 Å². The van der Waals surface area contributed by atoms with Crippen molar-refractivity contribution in [2.45, 2.75) is 39.7 Å². The highest BCUT2D eigenvalue weighted by atomic mass is 16.5. The quantitative estimate of drug-likeness (QED) is 0.719. The number of aryl methyl sites for hydroxylation is 1. The van der Waals surface area contributed by atoms with Crippen LogP contribution in [0.1, 0.15) is 33.3 Å². The van der Waals surface area contributed by atoms with E-state index in [0.29, 0.717) is 0 Å². The van der Waals surface area contributed by atoms with Gasteiger partial charge in [-0.2, -0.15) is 0 Å². The molecule has 0 saturated carbocycles. The van der Waals surface area contributed by atoms with E-state index in [0.717, 1.165) is 25.3 Å². The van der Waals surface area contributed by atoms with Gasteiger partial charge in [-0.1, -0.05) is 13.0 Å². The normalized spacial score (nSPS) is 15.6. The second-order valence-electron chi connectivity index (χ2n) is 5.33. The summed E-state index contributed by atoms with van der Waals surface area (Å²) in [4.78, 5) is 2.44. The number of benzene rings is 1. The van der Waals surface area contributed by atoms with Crippen LogP contribution in [0.25, 0.3) is 0 Å². The molecule has 0 bridgehead atoms. The fraction of sp³-hybridized carbons (Fsp3) is 0.571. The van der Waals surface area contributed by atoms with E-state index in [1.54, 1.807) is 0 Å². The van der Waals surface area contributed by atoms with Crippen LogP contribution < -0.4 is 9.64 Å². The van der Waals surface area contributed by atoms with Crippen molar-refractivity contribution in [2.24, 2.45) is 0 Å². The van der Waals surface area contributed by atoms with E-state index < -0.39 is 0 Å². The van der Waals surface area contributed by atoms with Gasteiger partial charge in [-0.15, -0.1) is 0 Å². The summed E-state index contributed by atoms with van der Waals surface area (Å²) in [6.45, 7) is 10.7. The molecule has 1 aromatic carbocycles. The standard InChI is InChI=1S/C14H21NO/c1-5-11-6-7-13-12(10-11)15(8-9-16-13)14(2,3)4/h6-7,10H,5,8-9H2,1-4H3. The molecule has 0 aliphatic carbocycles. The molecule has 0 atom stereocenters. The van der Waals surface area contributed by atoms with Gasteiger partial charge < -0.3 is 9.64 Å². The molecule has 16 heavy (non-hydrogen) atoms. The monoisotopic (exact) mass is 219 g/mol. The Morgan fingerprint density at radius 1 is 1.31 bits per heavy atom. The molecule has 0 fully saturated rings. The van der Waals surface area contributed by atoms with Gasteiger partial charge in [0.25, 0.3) is 0 Å². The predicted molar refractivity (Wildman–Crippen MR) is 68.4 cm³/mol. The highest BCUT2D eigenvalue weighted by molar-refractivity contribution is 5.62. The molecule has 1 heterocycles. The summed E-state index contributed by atoms with van der Waals surface area (Å²) in [5.74, 6) is 1.03. The topological polar surface area (TPSA) is 12.5 Å². The summed E-state index contributed by atoms with van der Waals surface area (Å²) >= 11 is 0. The fourth-order valence-corrected chi connectivity index (χ4v) is 2.18. The third kappa shape index (κ3) is 2.01. The largest absolute Gasteiger partial charge is 0.490 e. The van der Waals surface area contributed by atoms with E-state index in [2.05, 4.69) is 50.8 Å². The van der Waals surface area contributed by atoms with Crippen molar-refractivity contribution in [1.82, 2.24) is 0 Å². The third-order valence-electron chi connectivity index (χ3n) is 3.10. The lowest BCUT2D eigenvalue weighted by atomic mass is 10.0. The fourth-order valence-electron chi connectivity index (χ4n) is 2.18. The molecule has 0 saturated heterocycles. The molecule has 2 rings (SSSR count). The minimum atomic E-state index is 0.158. The first kappa shape index (κ1) is 11.3. The van der Waals surface area contributed by atoms with Crippen LogP contribution in [-0.2, 0) is 6.42 Å². The summed E-state index contributed by atoms with van der Waals surface area (Å²) in [5, 5.41) is 0. The Morgan fingerprint density at radius 3 is 2.69 bits per heavy atom. The van der Waals surface area contributed by atoms with Crippen molar-refractivity contribution in [3.8, 4) is 5.75 Å². The maximum Gasteiger partial charge on any atom is 0.142 e. The summed E-state index contributed by atoms with van der Waals surface area (Å²) in [7, 11) is 0. The second-order valence-corrected chi connectivity index (χ2v) is 5.33. The van der Waals surface area contributed by atoms with Crippen molar-refractivity contribution in [2.75, 3.05) is 18.1 Å². The van der Waals surface area contributed by atoms with Crippen LogP contribution in [0.15, 0.2) is 18.2 Å². The van der Waals surface area contributed by atoms with Crippen molar-refractivity contribution in [3.63, 3.8) is 0 Å². The molecule has 0 unspecified atom stereocenters. The van der Waals surface area contributed by atoms with Crippen LogP contribution in [0.3, 0.4) is 0 Å². The Morgan fingerprint density at radius 2 is 2.06 bits per heavy atom. The Labute approximate surface area is 98.2 Å². The molecular formula is C14H21NO. The van der Waals surface area contributed by atoms with Gasteiger partial charge in [0, 0.05) is 5.54 Å². The molecule has 0 amide bonds. The van der Waals surface area contributed by atoms with Crippen molar-refractivity contribution < 1.29 is 4.74 Å². The maximum atomic E-state index is 5.71. The highest BCUT2D eigenvalue weighted by Gasteiger charge is 2.27. The number of fused-ring (bicyclic) bond motifs is 1. The van der Waals surface area contributed by atoms with Gasteiger partial charge in [0.05, 0.1) is 12.2 Å². The SMILES string of the molecule is CCc1ccc2c(c1)N(C(C)(C)C)CCO2. The lowest BCUT2D eigenvalue weighted by Gasteiger charge is -2.41. The number of hydrogen-bond donors (Lipinski definition) is 0. The Hall–Kier alpha value is -1.18. The number of rotatable bonds is 1. The second kappa shape index (κ2) is 4.00. The highest BCUT2D eigenvalue weighted by Crippen LogP contribution is 2.36. The first-order chi connectivity index (χ1) is 7.52. The van der Waals surface area contributed by atoms with E-state index in [9.17, 15) is 0 Å². The number of anilines is 1. The Bertz CT molecular complexity index is 379. The molecule has 1 aliphatic rings. The first-order valence-corrected chi connectivity index (χ1v) is 6.05. The summed E-state index contributed by atoms with van der Waals surface area (Å²) in [6, 6.07) is 6.52. The minimum Gasteiger partial charge on any atom is -0.490 e. The zero-order chi connectivity index (χ0) is 11.8.